The summed E-state index contributed by atoms with van der Waals surface area (Å²) in [6.07, 6.45) is 4.14. The number of carbonyl (C=O) groups is 1. The van der Waals surface area contributed by atoms with Crippen LogP contribution in [-0.2, 0) is 11.2 Å². The van der Waals surface area contributed by atoms with E-state index in [9.17, 15) is 4.79 Å². The fourth-order valence-corrected chi connectivity index (χ4v) is 1.74. The van der Waals surface area contributed by atoms with Crippen molar-refractivity contribution in [1.29, 1.82) is 0 Å². The summed E-state index contributed by atoms with van der Waals surface area (Å²) in [5.74, 6) is 1.09. The molecule has 0 aliphatic rings. The van der Waals surface area contributed by atoms with Crippen molar-refractivity contribution in [1.82, 2.24) is 0 Å². The van der Waals surface area contributed by atoms with Crippen molar-refractivity contribution < 1.29 is 9.53 Å². The number of ketones is 1. The number of rotatable bonds is 8. The predicted molar refractivity (Wildman–Crippen MR) is 69.2 cm³/mol. The fraction of sp³-hybridized carbons (Fsp3) is 0.500. The summed E-state index contributed by atoms with van der Waals surface area (Å²) in [6, 6.07) is 7.67. The number of ether oxygens (including phenoxy) is 1. The van der Waals surface area contributed by atoms with Crippen LogP contribution in [0.25, 0.3) is 0 Å². The molecule has 1 aromatic rings. The molecule has 0 aliphatic carbocycles. The normalized spacial score (nSPS) is 10.2. The number of Topliss-reactive ketones (excluding diaryl/α,β-unsaturated/α-hetero) is 1. The third kappa shape index (κ3) is 5.50. The topological polar surface area (TPSA) is 52.3 Å². The largest absolute Gasteiger partial charge is 0.497 e. The van der Waals surface area contributed by atoms with Gasteiger partial charge in [-0.2, -0.15) is 0 Å². The third-order valence-corrected chi connectivity index (χ3v) is 2.70. The Bertz CT molecular complexity index is 350. The average Bonchev–Trinajstić information content (AvgIpc) is 2.35. The molecule has 0 atom stereocenters. The van der Waals surface area contributed by atoms with Crippen LogP contribution >= 0.6 is 0 Å². The van der Waals surface area contributed by atoms with E-state index in [1.54, 1.807) is 7.11 Å². The molecule has 3 heteroatoms. The number of nitrogens with two attached hydrogens (primary N) is 1. The van der Waals surface area contributed by atoms with E-state index in [0.717, 1.165) is 30.6 Å². The van der Waals surface area contributed by atoms with Gasteiger partial charge in [0.25, 0.3) is 0 Å². The molecule has 94 valence electrons. The third-order valence-electron chi connectivity index (χ3n) is 2.70. The van der Waals surface area contributed by atoms with Crippen LogP contribution in [0.5, 0.6) is 5.75 Å². The van der Waals surface area contributed by atoms with E-state index in [1.165, 1.54) is 0 Å². The first-order valence-electron chi connectivity index (χ1n) is 6.11. The lowest BCUT2D eigenvalue weighted by Crippen LogP contribution is -2.04. The average molecular weight is 235 g/mol. The number of benzene rings is 1. The van der Waals surface area contributed by atoms with Crippen LogP contribution in [-0.4, -0.2) is 19.4 Å². The number of hydrogen-bond donors (Lipinski definition) is 1. The monoisotopic (exact) mass is 235 g/mol. The first kappa shape index (κ1) is 13.7. The fourth-order valence-electron chi connectivity index (χ4n) is 1.74. The minimum Gasteiger partial charge on any atom is -0.497 e. The number of methoxy groups -OCH3 is 1. The molecule has 0 aliphatic heterocycles. The lowest BCUT2D eigenvalue weighted by Gasteiger charge is -2.04. The van der Waals surface area contributed by atoms with Crippen molar-refractivity contribution in [3.63, 3.8) is 0 Å². The minimum absolute atomic E-state index is 0.287. The first-order chi connectivity index (χ1) is 8.26. The van der Waals surface area contributed by atoms with Crippen molar-refractivity contribution in [2.24, 2.45) is 5.73 Å². The Balaban J connectivity index is 2.34. The Labute approximate surface area is 103 Å². The smallest absolute Gasteiger partial charge is 0.137 e. The van der Waals surface area contributed by atoms with Gasteiger partial charge in [-0.3, -0.25) is 4.79 Å². The molecule has 3 nitrogen and oxygen atoms in total. The van der Waals surface area contributed by atoms with Crippen LogP contribution in [0, 0.1) is 0 Å². The van der Waals surface area contributed by atoms with Gasteiger partial charge in [-0.25, -0.2) is 0 Å². The van der Waals surface area contributed by atoms with E-state index in [0.29, 0.717) is 19.4 Å². The Kier molecular flexibility index (Phi) is 6.33. The van der Waals surface area contributed by atoms with Gasteiger partial charge in [0.1, 0.15) is 11.5 Å². The lowest BCUT2D eigenvalue weighted by atomic mass is 10.0. The van der Waals surface area contributed by atoms with Gasteiger partial charge >= 0.3 is 0 Å². The van der Waals surface area contributed by atoms with Gasteiger partial charge in [-0.15, -0.1) is 0 Å². The highest BCUT2D eigenvalue weighted by molar-refractivity contribution is 5.80. The second-order valence-corrected chi connectivity index (χ2v) is 4.17. The van der Waals surface area contributed by atoms with Crippen LogP contribution in [0.2, 0.25) is 0 Å². The second kappa shape index (κ2) is 7.85. The molecule has 0 fully saturated rings. The molecule has 0 saturated carbocycles. The van der Waals surface area contributed by atoms with Gasteiger partial charge < -0.3 is 10.5 Å². The van der Waals surface area contributed by atoms with Gasteiger partial charge in [0, 0.05) is 12.8 Å². The molecular weight excluding hydrogens is 214 g/mol. The zero-order valence-electron chi connectivity index (χ0n) is 10.4. The van der Waals surface area contributed by atoms with E-state index < -0.39 is 0 Å². The van der Waals surface area contributed by atoms with Crippen molar-refractivity contribution in [2.75, 3.05) is 13.7 Å². The molecule has 2 N–H and O–H groups in total. The van der Waals surface area contributed by atoms with Crippen LogP contribution in [0.15, 0.2) is 24.3 Å². The minimum atomic E-state index is 0.287. The van der Waals surface area contributed by atoms with Gasteiger partial charge in [0.05, 0.1) is 7.11 Å². The van der Waals surface area contributed by atoms with Gasteiger partial charge in [-0.05, 0) is 37.1 Å². The first-order valence-corrected chi connectivity index (χ1v) is 6.11. The quantitative estimate of drug-likeness (QED) is 0.703. The number of hydrogen-bond acceptors (Lipinski definition) is 3. The molecule has 0 amide bonds. The molecule has 0 bridgehead atoms. The molecule has 1 aromatic carbocycles. The Morgan fingerprint density at radius 1 is 1.29 bits per heavy atom. The van der Waals surface area contributed by atoms with Crippen LogP contribution < -0.4 is 10.5 Å². The summed E-state index contributed by atoms with van der Waals surface area (Å²) in [4.78, 5) is 11.7. The molecular formula is C14H21NO2. The second-order valence-electron chi connectivity index (χ2n) is 4.17. The summed E-state index contributed by atoms with van der Waals surface area (Å²) in [5.41, 5.74) is 6.42. The summed E-state index contributed by atoms with van der Waals surface area (Å²) in [6.45, 7) is 0.712. The van der Waals surface area contributed by atoms with Crippen LogP contribution in [0.4, 0.5) is 0 Å². The van der Waals surface area contributed by atoms with Gasteiger partial charge in [-0.1, -0.05) is 18.6 Å². The summed E-state index contributed by atoms with van der Waals surface area (Å²) >= 11 is 0. The van der Waals surface area contributed by atoms with Crippen molar-refractivity contribution in [3.05, 3.63) is 29.8 Å². The van der Waals surface area contributed by atoms with Crippen LogP contribution in [0.3, 0.4) is 0 Å². The van der Waals surface area contributed by atoms with Crippen molar-refractivity contribution in [3.8, 4) is 5.75 Å². The molecule has 0 heterocycles. The Morgan fingerprint density at radius 3 is 2.82 bits per heavy atom. The summed E-state index contributed by atoms with van der Waals surface area (Å²) in [7, 11) is 1.63. The Morgan fingerprint density at radius 2 is 2.12 bits per heavy atom. The van der Waals surface area contributed by atoms with Gasteiger partial charge in [0.15, 0.2) is 0 Å². The van der Waals surface area contributed by atoms with E-state index in [1.807, 2.05) is 24.3 Å². The molecule has 0 saturated heterocycles. The van der Waals surface area contributed by atoms with Gasteiger partial charge in [0.2, 0.25) is 0 Å². The zero-order valence-corrected chi connectivity index (χ0v) is 10.4. The standard InChI is InChI=1S/C14H21NO2/c1-17-14-8-5-6-12(11-14)10-13(16)7-3-2-4-9-15/h5-6,8,11H,2-4,7,9-10,15H2,1H3. The number of carbonyl (C=O) groups excluding carboxylic acids is 1. The zero-order chi connectivity index (χ0) is 12.5. The summed E-state index contributed by atoms with van der Waals surface area (Å²) in [5, 5.41) is 0. The molecule has 0 unspecified atom stereocenters. The highest BCUT2D eigenvalue weighted by atomic mass is 16.5. The molecule has 0 aromatic heterocycles. The van der Waals surface area contributed by atoms with E-state index in [2.05, 4.69) is 0 Å². The molecule has 1 rings (SSSR count). The lowest BCUT2D eigenvalue weighted by molar-refractivity contribution is -0.118. The maximum absolute atomic E-state index is 11.7. The highest BCUT2D eigenvalue weighted by Crippen LogP contribution is 2.14. The maximum atomic E-state index is 11.7. The van der Waals surface area contributed by atoms with Crippen LogP contribution in [0.1, 0.15) is 31.2 Å². The maximum Gasteiger partial charge on any atom is 0.137 e. The predicted octanol–water partition coefficient (Wildman–Crippen LogP) is 2.33. The van der Waals surface area contributed by atoms with E-state index >= 15 is 0 Å². The van der Waals surface area contributed by atoms with Crippen molar-refractivity contribution >= 4 is 5.78 Å². The van der Waals surface area contributed by atoms with E-state index in [-0.39, 0.29) is 5.78 Å². The molecule has 0 spiro atoms. The molecule has 17 heavy (non-hydrogen) atoms. The highest BCUT2D eigenvalue weighted by Gasteiger charge is 2.04. The van der Waals surface area contributed by atoms with Crippen molar-refractivity contribution in [2.45, 2.75) is 32.1 Å². The number of unbranched alkanes of at least 4 members (excludes halogenated alkanes) is 2. The SMILES string of the molecule is COc1cccc(CC(=O)CCCCCN)c1. The van der Waals surface area contributed by atoms with E-state index in [4.69, 9.17) is 10.5 Å². The summed E-state index contributed by atoms with van der Waals surface area (Å²) < 4.78 is 5.12. The Hall–Kier alpha value is -1.35. The molecule has 0 radical (unpaired) electrons.